The monoisotopic (exact) mass is 249 g/mol. The van der Waals surface area contributed by atoms with Crippen molar-refractivity contribution in [2.24, 2.45) is 5.73 Å². The van der Waals surface area contributed by atoms with Crippen LogP contribution in [0.25, 0.3) is 0 Å². The molecular formula is C11H27NO3Si. The van der Waals surface area contributed by atoms with Gasteiger partial charge in [0.05, 0.1) is 5.60 Å². The highest BCUT2D eigenvalue weighted by Crippen LogP contribution is 2.24. The van der Waals surface area contributed by atoms with Crippen LogP contribution in [0.15, 0.2) is 0 Å². The summed E-state index contributed by atoms with van der Waals surface area (Å²) in [6, 6.07) is 0.794. The van der Waals surface area contributed by atoms with E-state index in [2.05, 4.69) is 0 Å². The zero-order chi connectivity index (χ0) is 12.7. The molecule has 0 saturated carbocycles. The molecule has 98 valence electrons. The molecule has 0 atom stereocenters. The van der Waals surface area contributed by atoms with Crippen LogP contribution in [0.4, 0.5) is 0 Å². The van der Waals surface area contributed by atoms with Crippen molar-refractivity contribution < 1.29 is 13.3 Å². The lowest BCUT2D eigenvalue weighted by atomic mass is 10.2. The summed E-state index contributed by atoms with van der Waals surface area (Å²) in [4.78, 5) is 0. The van der Waals surface area contributed by atoms with Crippen molar-refractivity contribution in [3.63, 3.8) is 0 Å². The molecule has 0 aromatic rings. The van der Waals surface area contributed by atoms with E-state index >= 15 is 0 Å². The summed E-state index contributed by atoms with van der Waals surface area (Å²) in [5.74, 6) is 0. The van der Waals surface area contributed by atoms with Crippen molar-refractivity contribution >= 4 is 8.80 Å². The van der Waals surface area contributed by atoms with E-state index in [1.54, 1.807) is 0 Å². The first-order valence-corrected chi connectivity index (χ1v) is 8.00. The highest BCUT2D eigenvalue weighted by atomic mass is 28.4. The third-order valence-corrected chi connectivity index (χ3v) is 5.22. The van der Waals surface area contributed by atoms with Crippen molar-refractivity contribution in [3.05, 3.63) is 0 Å². The summed E-state index contributed by atoms with van der Waals surface area (Å²) >= 11 is 0. The van der Waals surface area contributed by atoms with Gasteiger partial charge in [-0.2, -0.15) is 0 Å². The third-order valence-electron chi connectivity index (χ3n) is 1.88. The second-order valence-corrected chi connectivity index (χ2v) is 7.30. The lowest BCUT2D eigenvalue weighted by Gasteiger charge is -2.35. The molecule has 0 amide bonds. The Bertz CT molecular complexity index is 177. The van der Waals surface area contributed by atoms with Crippen molar-refractivity contribution in [1.82, 2.24) is 0 Å². The van der Waals surface area contributed by atoms with Crippen LogP contribution in [-0.2, 0) is 13.3 Å². The molecule has 5 heteroatoms. The van der Waals surface area contributed by atoms with Crippen LogP contribution < -0.4 is 5.73 Å². The molecule has 0 aliphatic carbocycles. The van der Waals surface area contributed by atoms with Gasteiger partial charge in [0.2, 0.25) is 0 Å². The number of hydrogen-bond acceptors (Lipinski definition) is 4. The highest BCUT2D eigenvalue weighted by Gasteiger charge is 2.43. The van der Waals surface area contributed by atoms with Gasteiger partial charge < -0.3 is 19.0 Å². The highest BCUT2D eigenvalue weighted by molar-refractivity contribution is 6.60. The topological polar surface area (TPSA) is 53.7 Å². The fraction of sp³-hybridized carbons (Fsp3) is 1.00. The minimum absolute atomic E-state index is 0.245. The predicted molar refractivity (Wildman–Crippen MR) is 68.3 cm³/mol. The second kappa shape index (κ2) is 7.40. The first kappa shape index (κ1) is 16.1. The number of nitrogens with two attached hydrogens (primary N) is 1. The Kier molecular flexibility index (Phi) is 7.42. The molecule has 0 radical (unpaired) electrons. The molecule has 0 unspecified atom stereocenters. The van der Waals surface area contributed by atoms with Gasteiger partial charge in [0.25, 0.3) is 0 Å². The second-order valence-electron chi connectivity index (χ2n) is 4.66. The van der Waals surface area contributed by atoms with Crippen LogP contribution in [0.2, 0.25) is 6.04 Å². The van der Waals surface area contributed by atoms with Crippen molar-refractivity contribution in [2.45, 2.75) is 52.7 Å². The largest absolute Gasteiger partial charge is 0.501 e. The van der Waals surface area contributed by atoms with Gasteiger partial charge in [-0.1, -0.05) is 0 Å². The Morgan fingerprint density at radius 1 is 1.06 bits per heavy atom. The number of rotatable bonds is 8. The molecule has 0 aromatic heterocycles. The Morgan fingerprint density at radius 3 is 1.88 bits per heavy atom. The van der Waals surface area contributed by atoms with Gasteiger partial charge >= 0.3 is 8.80 Å². The van der Waals surface area contributed by atoms with Crippen LogP contribution in [0.1, 0.15) is 41.0 Å². The third kappa shape index (κ3) is 6.60. The van der Waals surface area contributed by atoms with Crippen molar-refractivity contribution in [2.75, 3.05) is 19.8 Å². The van der Waals surface area contributed by atoms with Gasteiger partial charge in [-0.15, -0.1) is 0 Å². The van der Waals surface area contributed by atoms with Crippen molar-refractivity contribution in [1.29, 1.82) is 0 Å². The van der Waals surface area contributed by atoms with E-state index in [0.29, 0.717) is 19.8 Å². The van der Waals surface area contributed by atoms with Crippen LogP contribution in [0.3, 0.4) is 0 Å². The molecule has 2 N–H and O–H groups in total. The lowest BCUT2D eigenvalue weighted by molar-refractivity contribution is -0.000683. The minimum atomic E-state index is -2.53. The molecule has 0 rings (SSSR count). The van der Waals surface area contributed by atoms with E-state index in [4.69, 9.17) is 19.0 Å². The first-order valence-electron chi connectivity index (χ1n) is 6.07. The summed E-state index contributed by atoms with van der Waals surface area (Å²) in [6.45, 7) is 11.9. The van der Waals surface area contributed by atoms with E-state index < -0.39 is 8.80 Å². The van der Waals surface area contributed by atoms with Gasteiger partial charge in [-0.3, -0.25) is 0 Å². The fourth-order valence-corrected chi connectivity index (χ4v) is 4.56. The zero-order valence-electron chi connectivity index (χ0n) is 11.3. The molecule has 16 heavy (non-hydrogen) atoms. The fourth-order valence-electron chi connectivity index (χ4n) is 1.52. The summed E-state index contributed by atoms with van der Waals surface area (Å²) in [7, 11) is -2.53. The Labute approximate surface area is 101 Å². The molecule has 0 aliphatic rings. The van der Waals surface area contributed by atoms with E-state index in [9.17, 15) is 0 Å². The van der Waals surface area contributed by atoms with Crippen LogP contribution in [-0.4, -0.2) is 34.2 Å². The quantitative estimate of drug-likeness (QED) is 0.670. The van der Waals surface area contributed by atoms with Gasteiger partial charge in [0.15, 0.2) is 0 Å². The predicted octanol–water partition coefficient (Wildman–Crippen LogP) is 2.16. The molecule has 0 saturated heterocycles. The van der Waals surface area contributed by atoms with Crippen molar-refractivity contribution in [3.8, 4) is 0 Å². The average molecular weight is 249 g/mol. The van der Waals surface area contributed by atoms with Gasteiger partial charge in [0.1, 0.15) is 0 Å². The van der Waals surface area contributed by atoms with Crippen LogP contribution in [0, 0.1) is 0 Å². The standard InChI is InChI=1S/C11H27NO3Si/c1-6-13-16(14-7-2,10-8-9-12)15-11(3,4)5/h6-10,12H2,1-5H3. The molecule has 0 spiro atoms. The molecule has 0 heterocycles. The van der Waals surface area contributed by atoms with Gasteiger partial charge in [-0.25, -0.2) is 0 Å². The van der Waals surface area contributed by atoms with E-state index in [-0.39, 0.29) is 5.60 Å². The zero-order valence-corrected chi connectivity index (χ0v) is 12.3. The van der Waals surface area contributed by atoms with Crippen LogP contribution in [0.5, 0.6) is 0 Å². The Morgan fingerprint density at radius 2 is 1.56 bits per heavy atom. The molecule has 0 bridgehead atoms. The van der Waals surface area contributed by atoms with Gasteiger partial charge in [0, 0.05) is 19.3 Å². The Balaban J connectivity index is 4.62. The summed E-state index contributed by atoms with van der Waals surface area (Å²) in [5, 5.41) is 0. The molecule has 0 aliphatic heterocycles. The van der Waals surface area contributed by atoms with Crippen LogP contribution >= 0.6 is 0 Å². The minimum Gasteiger partial charge on any atom is -0.374 e. The molecule has 0 fully saturated rings. The van der Waals surface area contributed by atoms with E-state index in [1.165, 1.54) is 0 Å². The maximum atomic E-state index is 6.05. The summed E-state index contributed by atoms with van der Waals surface area (Å²) in [5.41, 5.74) is 5.30. The maximum absolute atomic E-state index is 6.05. The molecule has 4 nitrogen and oxygen atoms in total. The van der Waals surface area contributed by atoms with E-state index in [1.807, 2.05) is 34.6 Å². The SMILES string of the molecule is CCO[Si](CCCN)(OCC)OC(C)(C)C. The van der Waals surface area contributed by atoms with E-state index in [0.717, 1.165) is 12.5 Å². The van der Waals surface area contributed by atoms with Gasteiger partial charge in [-0.05, 0) is 47.6 Å². The lowest BCUT2D eigenvalue weighted by Crippen LogP contribution is -2.50. The number of hydrogen-bond donors (Lipinski definition) is 1. The average Bonchev–Trinajstić information content (AvgIpc) is 2.13. The Hall–Kier alpha value is 0.0569. The molecule has 0 aromatic carbocycles. The molecular weight excluding hydrogens is 222 g/mol. The summed E-state index contributed by atoms with van der Waals surface area (Å²) < 4.78 is 17.6. The smallest absolute Gasteiger partial charge is 0.374 e. The first-order chi connectivity index (χ1) is 7.39. The maximum Gasteiger partial charge on any atom is 0.501 e. The summed E-state index contributed by atoms with van der Waals surface area (Å²) in [6.07, 6.45) is 0.877. The normalized spacial score (nSPS) is 13.1.